The van der Waals surface area contributed by atoms with Crippen molar-refractivity contribution in [1.29, 1.82) is 0 Å². The first-order valence-corrected chi connectivity index (χ1v) is 6.11. The summed E-state index contributed by atoms with van der Waals surface area (Å²) in [6, 6.07) is 2.08. The molecule has 96 valence electrons. The molecule has 2 heterocycles. The zero-order valence-corrected chi connectivity index (χ0v) is 11.2. The molecule has 2 rings (SSSR count). The Kier molecular flexibility index (Phi) is 5.89. The number of nitrogens with zero attached hydrogens (tertiary/aromatic N) is 2. The van der Waals surface area contributed by atoms with Gasteiger partial charge in [-0.2, -0.15) is 0 Å². The third-order valence-electron chi connectivity index (χ3n) is 3.48. The lowest BCUT2D eigenvalue weighted by atomic mass is 9.97. The van der Waals surface area contributed by atoms with Crippen LogP contribution in [0.5, 0.6) is 0 Å². The Hall–Kier alpha value is -0.640. The van der Waals surface area contributed by atoms with E-state index in [-0.39, 0.29) is 12.4 Å². The van der Waals surface area contributed by atoms with E-state index in [9.17, 15) is 0 Å². The Morgan fingerprint density at radius 3 is 3.06 bits per heavy atom. The van der Waals surface area contributed by atoms with Gasteiger partial charge in [0.1, 0.15) is 0 Å². The summed E-state index contributed by atoms with van der Waals surface area (Å²) in [5.41, 5.74) is 8.43. The monoisotopic (exact) mass is 255 g/mol. The largest absolute Gasteiger partial charge is 0.330 e. The summed E-state index contributed by atoms with van der Waals surface area (Å²) in [6.45, 7) is 6.34. The summed E-state index contributed by atoms with van der Waals surface area (Å²) < 4.78 is 0. The SMILES string of the molecule is Cc1ccncc1CN1CCCC(CN)C1.Cl. The summed E-state index contributed by atoms with van der Waals surface area (Å²) in [6.07, 6.45) is 6.42. The van der Waals surface area contributed by atoms with Crippen LogP contribution < -0.4 is 5.73 Å². The molecule has 0 aliphatic carbocycles. The Balaban J connectivity index is 0.00000144. The van der Waals surface area contributed by atoms with E-state index in [1.165, 1.54) is 30.5 Å². The fourth-order valence-electron chi connectivity index (χ4n) is 2.39. The smallest absolute Gasteiger partial charge is 0.0315 e. The summed E-state index contributed by atoms with van der Waals surface area (Å²) in [5.74, 6) is 0.686. The van der Waals surface area contributed by atoms with Gasteiger partial charge in [-0.25, -0.2) is 0 Å². The fourth-order valence-corrected chi connectivity index (χ4v) is 2.39. The van der Waals surface area contributed by atoms with Crippen molar-refractivity contribution in [3.63, 3.8) is 0 Å². The van der Waals surface area contributed by atoms with E-state index in [1.807, 2.05) is 12.4 Å². The van der Waals surface area contributed by atoms with E-state index >= 15 is 0 Å². The first-order chi connectivity index (χ1) is 7.79. The zero-order valence-electron chi connectivity index (χ0n) is 10.4. The average molecular weight is 256 g/mol. The van der Waals surface area contributed by atoms with Crippen molar-refractivity contribution >= 4 is 12.4 Å². The van der Waals surface area contributed by atoms with Crippen molar-refractivity contribution in [2.24, 2.45) is 11.7 Å². The van der Waals surface area contributed by atoms with Gasteiger partial charge < -0.3 is 5.73 Å². The van der Waals surface area contributed by atoms with E-state index in [1.54, 1.807) is 0 Å². The van der Waals surface area contributed by atoms with E-state index < -0.39 is 0 Å². The minimum atomic E-state index is 0. The van der Waals surface area contributed by atoms with Crippen LogP contribution in [-0.4, -0.2) is 29.5 Å². The number of piperidine rings is 1. The lowest BCUT2D eigenvalue weighted by Gasteiger charge is -2.32. The Labute approximate surface area is 110 Å². The van der Waals surface area contributed by atoms with Gasteiger partial charge in [0.05, 0.1) is 0 Å². The van der Waals surface area contributed by atoms with Crippen molar-refractivity contribution in [2.75, 3.05) is 19.6 Å². The van der Waals surface area contributed by atoms with Crippen LogP contribution in [0.1, 0.15) is 24.0 Å². The highest BCUT2D eigenvalue weighted by atomic mass is 35.5. The molecule has 2 N–H and O–H groups in total. The summed E-state index contributed by atoms with van der Waals surface area (Å²) in [4.78, 5) is 6.70. The Morgan fingerprint density at radius 1 is 1.53 bits per heavy atom. The summed E-state index contributed by atoms with van der Waals surface area (Å²) >= 11 is 0. The predicted octanol–water partition coefficient (Wildman–Crippen LogP) is 1.98. The van der Waals surface area contributed by atoms with Crippen LogP contribution in [0.25, 0.3) is 0 Å². The molecule has 0 amide bonds. The number of rotatable bonds is 3. The second-order valence-electron chi connectivity index (χ2n) is 4.78. The van der Waals surface area contributed by atoms with Crippen molar-refractivity contribution in [2.45, 2.75) is 26.3 Å². The highest BCUT2D eigenvalue weighted by molar-refractivity contribution is 5.85. The maximum Gasteiger partial charge on any atom is 0.0315 e. The van der Waals surface area contributed by atoms with Gasteiger partial charge in [-0.3, -0.25) is 9.88 Å². The molecular weight excluding hydrogens is 234 g/mol. The molecule has 1 aliphatic heterocycles. The van der Waals surface area contributed by atoms with Gasteiger partial charge in [0, 0.05) is 25.5 Å². The van der Waals surface area contributed by atoms with E-state index in [0.29, 0.717) is 5.92 Å². The Morgan fingerprint density at radius 2 is 2.35 bits per heavy atom. The molecule has 1 saturated heterocycles. The standard InChI is InChI=1S/C13H21N3.ClH/c1-11-4-5-15-8-13(11)10-16-6-2-3-12(7-14)9-16;/h4-5,8,12H,2-3,6-7,9-10,14H2,1H3;1H. The van der Waals surface area contributed by atoms with Crippen LogP contribution in [0.4, 0.5) is 0 Å². The maximum atomic E-state index is 5.75. The first-order valence-electron chi connectivity index (χ1n) is 6.11. The van der Waals surface area contributed by atoms with Gasteiger partial charge in [-0.05, 0) is 56.0 Å². The molecule has 3 nitrogen and oxygen atoms in total. The molecule has 0 saturated carbocycles. The molecular formula is C13H22ClN3. The molecule has 1 fully saturated rings. The second-order valence-corrected chi connectivity index (χ2v) is 4.78. The lowest BCUT2D eigenvalue weighted by Crippen LogP contribution is -2.38. The molecule has 17 heavy (non-hydrogen) atoms. The number of pyridine rings is 1. The third-order valence-corrected chi connectivity index (χ3v) is 3.48. The van der Waals surface area contributed by atoms with Crippen molar-refractivity contribution in [1.82, 2.24) is 9.88 Å². The minimum absolute atomic E-state index is 0. The topological polar surface area (TPSA) is 42.2 Å². The number of likely N-dealkylation sites (tertiary alicyclic amines) is 1. The van der Waals surface area contributed by atoms with Crippen LogP contribution >= 0.6 is 12.4 Å². The summed E-state index contributed by atoms with van der Waals surface area (Å²) in [5, 5.41) is 0. The Bertz CT molecular complexity index is 343. The lowest BCUT2D eigenvalue weighted by molar-refractivity contribution is 0.170. The van der Waals surface area contributed by atoms with Gasteiger partial charge in [0.25, 0.3) is 0 Å². The van der Waals surface area contributed by atoms with Crippen LogP contribution in [0.15, 0.2) is 18.5 Å². The molecule has 1 atom stereocenters. The average Bonchev–Trinajstić information content (AvgIpc) is 2.32. The van der Waals surface area contributed by atoms with Crippen molar-refractivity contribution in [3.05, 3.63) is 29.6 Å². The maximum absolute atomic E-state index is 5.75. The van der Waals surface area contributed by atoms with Crippen LogP contribution in [0.3, 0.4) is 0 Å². The summed E-state index contributed by atoms with van der Waals surface area (Å²) in [7, 11) is 0. The van der Waals surface area contributed by atoms with E-state index in [2.05, 4.69) is 22.9 Å². The molecule has 0 radical (unpaired) electrons. The molecule has 0 aromatic carbocycles. The van der Waals surface area contributed by atoms with Gasteiger partial charge in [0.15, 0.2) is 0 Å². The van der Waals surface area contributed by atoms with Crippen molar-refractivity contribution < 1.29 is 0 Å². The van der Waals surface area contributed by atoms with Crippen molar-refractivity contribution in [3.8, 4) is 0 Å². The molecule has 1 unspecified atom stereocenters. The first kappa shape index (κ1) is 14.4. The molecule has 0 bridgehead atoms. The quantitative estimate of drug-likeness (QED) is 0.898. The van der Waals surface area contributed by atoms with Crippen LogP contribution in [0.2, 0.25) is 0 Å². The number of hydrogen-bond donors (Lipinski definition) is 1. The number of aromatic nitrogens is 1. The zero-order chi connectivity index (χ0) is 11.4. The minimum Gasteiger partial charge on any atom is -0.330 e. The third kappa shape index (κ3) is 3.95. The van der Waals surface area contributed by atoms with E-state index in [0.717, 1.165) is 19.6 Å². The highest BCUT2D eigenvalue weighted by Crippen LogP contribution is 2.18. The molecule has 1 aromatic heterocycles. The van der Waals surface area contributed by atoms with Gasteiger partial charge in [-0.1, -0.05) is 0 Å². The van der Waals surface area contributed by atoms with Gasteiger partial charge >= 0.3 is 0 Å². The normalized spacial score (nSPS) is 20.9. The predicted molar refractivity (Wildman–Crippen MR) is 73.3 cm³/mol. The molecule has 1 aromatic rings. The fraction of sp³-hybridized carbons (Fsp3) is 0.615. The highest BCUT2D eigenvalue weighted by Gasteiger charge is 2.18. The second kappa shape index (κ2) is 6.94. The number of aryl methyl sites for hydroxylation is 1. The number of nitrogens with two attached hydrogens (primary N) is 1. The number of hydrogen-bond acceptors (Lipinski definition) is 3. The van der Waals surface area contributed by atoms with Gasteiger partial charge in [0.2, 0.25) is 0 Å². The molecule has 0 spiro atoms. The van der Waals surface area contributed by atoms with Gasteiger partial charge in [-0.15, -0.1) is 12.4 Å². The number of halogens is 1. The molecule has 1 aliphatic rings. The van der Waals surface area contributed by atoms with E-state index in [4.69, 9.17) is 5.73 Å². The molecule has 4 heteroatoms. The van der Waals surface area contributed by atoms with Crippen LogP contribution in [-0.2, 0) is 6.54 Å². The van der Waals surface area contributed by atoms with Crippen LogP contribution in [0, 0.1) is 12.8 Å².